The van der Waals surface area contributed by atoms with E-state index >= 15 is 0 Å². The van der Waals surface area contributed by atoms with Crippen LogP contribution in [0.3, 0.4) is 0 Å². The van der Waals surface area contributed by atoms with Crippen LogP contribution in [0.5, 0.6) is 0 Å². The number of aryl methyl sites for hydroxylation is 2. The minimum Gasteiger partial charge on any atom is -0.480 e. The Bertz CT molecular complexity index is 449. The van der Waals surface area contributed by atoms with Crippen LogP contribution in [0.15, 0.2) is 4.42 Å². The van der Waals surface area contributed by atoms with E-state index in [2.05, 4.69) is 5.32 Å². The maximum atomic E-state index is 11.8. The van der Waals surface area contributed by atoms with Crippen molar-refractivity contribution in [1.82, 2.24) is 5.32 Å². The molecule has 1 heterocycles. The van der Waals surface area contributed by atoms with E-state index in [-0.39, 0.29) is 0 Å². The third-order valence-electron chi connectivity index (χ3n) is 2.57. The third-order valence-corrected chi connectivity index (χ3v) is 2.57. The van der Waals surface area contributed by atoms with Gasteiger partial charge in [0.25, 0.3) is 5.91 Å². The number of hydrogen-bond acceptors (Lipinski definition) is 4. The summed E-state index contributed by atoms with van der Waals surface area (Å²) >= 11 is 0. The summed E-state index contributed by atoms with van der Waals surface area (Å²) in [7, 11) is 0. The van der Waals surface area contributed by atoms with E-state index in [4.69, 9.17) is 14.6 Å². The lowest BCUT2D eigenvalue weighted by Gasteiger charge is -2.11. The van der Waals surface area contributed by atoms with Crippen LogP contribution in [-0.4, -0.2) is 34.7 Å². The fourth-order valence-electron chi connectivity index (χ4n) is 1.54. The molecule has 0 saturated heterocycles. The topological polar surface area (TPSA) is 99.8 Å². The molecule has 1 aromatic heterocycles. The lowest BCUT2D eigenvalue weighted by molar-refractivity contribution is -0.140. The highest BCUT2D eigenvalue weighted by atomic mass is 16.4. The Labute approximate surface area is 98.2 Å². The molecule has 0 spiro atoms. The second-order valence-electron chi connectivity index (χ2n) is 3.76. The van der Waals surface area contributed by atoms with Crippen molar-refractivity contribution in [3.63, 3.8) is 0 Å². The lowest BCUT2D eigenvalue weighted by Crippen LogP contribution is -2.43. The highest BCUT2D eigenvalue weighted by molar-refractivity contribution is 5.98. The van der Waals surface area contributed by atoms with Gasteiger partial charge in [0.15, 0.2) is 6.04 Å². The maximum Gasteiger partial charge on any atom is 0.328 e. The first-order chi connectivity index (χ1) is 7.88. The molecule has 0 saturated carbocycles. The average molecular weight is 241 g/mol. The average Bonchev–Trinajstić information content (AvgIpc) is 2.49. The summed E-state index contributed by atoms with van der Waals surface area (Å²) in [6.45, 7) is 4.41. The number of amides is 1. The fraction of sp³-hybridized carbons (Fsp3) is 0.455. The molecule has 0 aliphatic carbocycles. The van der Waals surface area contributed by atoms with Gasteiger partial charge in [0.05, 0.1) is 12.2 Å². The van der Waals surface area contributed by atoms with Gasteiger partial charge in [-0.1, -0.05) is 0 Å². The van der Waals surface area contributed by atoms with Crippen molar-refractivity contribution in [3.05, 3.63) is 22.6 Å². The molecule has 1 rings (SSSR count). The molecule has 0 unspecified atom stereocenters. The molecule has 1 atom stereocenters. The minimum atomic E-state index is -1.31. The number of rotatable bonds is 4. The standard InChI is InChI=1S/C11H15NO5/c1-5-6(2)17-7(3)9(5)10(14)12-8(4-13)11(15)16/h8,13H,4H2,1-3H3,(H,12,14)(H,15,16)/t8-/m0/s1. The second-order valence-corrected chi connectivity index (χ2v) is 3.76. The quantitative estimate of drug-likeness (QED) is 0.707. The van der Waals surface area contributed by atoms with Gasteiger partial charge in [0.1, 0.15) is 11.5 Å². The lowest BCUT2D eigenvalue weighted by atomic mass is 10.1. The van der Waals surface area contributed by atoms with Gasteiger partial charge in [0, 0.05) is 5.56 Å². The molecule has 0 aliphatic rings. The first-order valence-electron chi connectivity index (χ1n) is 5.09. The van der Waals surface area contributed by atoms with Crippen LogP contribution in [0.4, 0.5) is 0 Å². The number of aliphatic hydroxyl groups is 1. The number of nitrogens with one attached hydrogen (secondary N) is 1. The smallest absolute Gasteiger partial charge is 0.328 e. The molecule has 1 amide bonds. The molecule has 0 aromatic carbocycles. The van der Waals surface area contributed by atoms with Crippen LogP contribution < -0.4 is 5.32 Å². The Morgan fingerprint density at radius 1 is 1.29 bits per heavy atom. The Hall–Kier alpha value is -1.82. The van der Waals surface area contributed by atoms with Crippen LogP contribution in [0.25, 0.3) is 0 Å². The summed E-state index contributed by atoms with van der Waals surface area (Å²) < 4.78 is 5.27. The van der Waals surface area contributed by atoms with Gasteiger partial charge in [-0.2, -0.15) is 0 Å². The molecular weight excluding hydrogens is 226 g/mol. The zero-order valence-electron chi connectivity index (χ0n) is 9.90. The molecule has 17 heavy (non-hydrogen) atoms. The van der Waals surface area contributed by atoms with Crippen molar-refractivity contribution >= 4 is 11.9 Å². The number of aliphatic carboxylic acids is 1. The summed E-state index contributed by atoms with van der Waals surface area (Å²) in [6.07, 6.45) is 0. The number of carbonyl (C=O) groups excluding carboxylic acids is 1. The summed E-state index contributed by atoms with van der Waals surface area (Å²) in [5, 5.41) is 19.8. The van der Waals surface area contributed by atoms with Gasteiger partial charge in [0.2, 0.25) is 0 Å². The van der Waals surface area contributed by atoms with Crippen molar-refractivity contribution < 1.29 is 24.2 Å². The van der Waals surface area contributed by atoms with Crippen molar-refractivity contribution in [2.45, 2.75) is 26.8 Å². The predicted octanol–water partition coefficient (Wildman–Crippen LogP) is 0.380. The van der Waals surface area contributed by atoms with E-state index in [9.17, 15) is 9.59 Å². The van der Waals surface area contributed by atoms with Gasteiger partial charge >= 0.3 is 5.97 Å². The Morgan fingerprint density at radius 2 is 1.88 bits per heavy atom. The number of carboxylic acid groups (broad SMARTS) is 1. The normalized spacial score (nSPS) is 12.2. The SMILES string of the molecule is Cc1oc(C)c(C(=O)N[C@@H](CO)C(=O)O)c1C. The molecule has 1 aromatic rings. The molecule has 0 bridgehead atoms. The molecule has 0 aliphatic heterocycles. The highest BCUT2D eigenvalue weighted by Crippen LogP contribution is 2.20. The van der Waals surface area contributed by atoms with E-state index < -0.39 is 24.5 Å². The molecular formula is C11H15NO5. The zero-order valence-corrected chi connectivity index (χ0v) is 9.90. The van der Waals surface area contributed by atoms with Gasteiger partial charge in [-0.3, -0.25) is 4.79 Å². The van der Waals surface area contributed by atoms with Crippen molar-refractivity contribution in [2.24, 2.45) is 0 Å². The third kappa shape index (κ3) is 2.65. The molecule has 3 N–H and O–H groups in total. The fourth-order valence-corrected chi connectivity index (χ4v) is 1.54. The van der Waals surface area contributed by atoms with Gasteiger partial charge in [-0.05, 0) is 20.8 Å². The van der Waals surface area contributed by atoms with Crippen LogP contribution in [0.1, 0.15) is 27.4 Å². The number of aliphatic hydroxyl groups excluding tert-OH is 1. The first-order valence-corrected chi connectivity index (χ1v) is 5.09. The number of furan rings is 1. The summed E-state index contributed by atoms with van der Waals surface area (Å²) in [5.41, 5.74) is 0.990. The zero-order chi connectivity index (χ0) is 13.2. The largest absolute Gasteiger partial charge is 0.480 e. The van der Waals surface area contributed by atoms with Gasteiger partial charge in [-0.25, -0.2) is 4.79 Å². The van der Waals surface area contributed by atoms with Crippen molar-refractivity contribution in [3.8, 4) is 0 Å². The minimum absolute atomic E-state index is 0.321. The number of hydrogen-bond donors (Lipinski definition) is 3. The Morgan fingerprint density at radius 3 is 2.24 bits per heavy atom. The van der Waals surface area contributed by atoms with Gasteiger partial charge in [-0.15, -0.1) is 0 Å². The van der Waals surface area contributed by atoms with E-state index in [0.29, 0.717) is 22.6 Å². The Kier molecular flexibility index (Phi) is 3.90. The first kappa shape index (κ1) is 13.2. The predicted molar refractivity (Wildman–Crippen MR) is 58.9 cm³/mol. The molecule has 6 nitrogen and oxygen atoms in total. The number of carboxylic acids is 1. The van der Waals surface area contributed by atoms with E-state index in [1.54, 1.807) is 20.8 Å². The molecule has 0 radical (unpaired) electrons. The summed E-state index contributed by atoms with van der Waals surface area (Å²) in [4.78, 5) is 22.5. The van der Waals surface area contributed by atoms with E-state index in [1.165, 1.54) is 0 Å². The molecule has 0 fully saturated rings. The highest BCUT2D eigenvalue weighted by Gasteiger charge is 2.24. The Balaban J connectivity index is 2.94. The maximum absolute atomic E-state index is 11.8. The van der Waals surface area contributed by atoms with E-state index in [1.807, 2.05) is 0 Å². The summed E-state index contributed by atoms with van der Waals surface area (Å²) in [5.74, 6) is -0.794. The van der Waals surface area contributed by atoms with Crippen molar-refractivity contribution in [1.29, 1.82) is 0 Å². The van der Waals surface area contributed by atoms with Gasteiger partial charge < -0.3 is 19.9 Å². The van der Waals surface area contributed by atoms with Crippen LogP contribution in [-0.2, 0) is 4.79 Å². The molecule has 6 heteroatoms. The van der Waals surface area contributed by atoms with Crippen LogP contribution in [0.2, 0.25) is 0 Å². The second kappa shape index (κ2) is 5.01. The van der Waals surface area contributed by atoms with E-state index in [0.717, 1.165) is 0 Å². The molecule has 94 valence electrons. The van der Waals surface area contributed by atoms with Crippen LogP contribution >= 0.6 is 0 Å². The van der Waals surface area contributed by atoms with Crippen LogP contribution in [0, 0.1) is 20.8 Å². The summed E-state index contributed by atoms with van der Waals surface area (Å²) in [6, 6.07) is -1.31. The number of carbonyl (C=O) groups is 2. The monoisotopic (exact) mass is 241 g/mol. The van der Waals surface area contributed by atoms with Crippen molar-refractivity contribution in [2.75, 3.05) is 6.61 Å².